The van der Waals surface area contributed by atoms with E-state index in [-0.39, 0.29) is 18.4 Å². The van der Waals surface area contributed by atoms with Gasteiger partial charge >= 0.3 is 0 Å². The summed E-state index contributed by atoms with van der Waals surface area (Å²) in [5, 5.41) is 25.9. The maximum atomic E-state index is 11.0. The van der Waals surface area contributed by atoms with Crippen LogP contribution >= 0.6 is 0 Å². The quantitative estimate of drug-likeness (QED) is 0.487. The SMILES string of the molecule is CC(O)(c1ccc2c(CO)nn(-c3ccnc(N)n3)c2c1)c1ncccn1. The first-order valence-electron chi connectivity index (χ1n) is 8.22. The third-order valence-corrected chi connectivity index (χ3v) is 4.35. The Bertz CT molecular complexity index is 1110. The van der Waals surface area contributed by atoms with E-state index in [9.17, 15) is 10.2 Å². The van der Waals surface area contributed by atoms with Crippen LogP contribution in [0.5, 0.6) is 0 Å². The fourth-order valence-electron chi connectivity index (χ4n) is 2.93. The number of aliphatic hydroxyl groups is 2. The normalized spacial score (nSPS) is 13.6. The molecule has 0 amide bonds. The molecule has 1 unspecified atom stereocenters. The van der Waals surface area contributed by atoms with Crippen molar-refractivity contribution in [2.45, 2.75) is 19.1 Å². The van der Waals surface area contributed by atoms with Crippen molar-refractivity contribution in [1.82, 2.24) is 29.7 Å². The molecule has 4 rings (SSSR count). The van der Waals surface area contributed by atoms with Gasteiger partial charge in [-0.15, -0.1) is 0 Å². The molecular formula is C18H17N7O2. The predicted molar refractivity (Wildman–Crippen MR) is 97.7 cm³/mol. The van der Waals surface area contributed by atoms with Gasteiger partial charge in [0.1, 0.15) is 5.60 Å². The molecule has 1 atom stereocenters. The number of hydrogen-bond acceptors (Lipinski definition) is 8. The molecule has 0 fully saturated rings. The van der Waals surface area contributed by atoms with Crippen molar-refractivity contribution in [2.75, 3.05) is 5.73 Å². The fourth-order valence-corrected chi connectivity index (χ4v) is 2.93. The van der Waals surface area contributed by atoms with Gasteiger partial charge in [0.25, 0.3) is 0 Å². The van der Waals surface area contributed by atoms with Gasteiger partial charge in [-0.1, -0.05) is 12.1 Å². The van der Waals surface area contributed by atoms with E-state index in [1.165, 1.54) is 6.20 Å². The predicted octanol–water partition coefficient (Wildman–Crippen LogP) is 0.936. The molecule has 4 N–H and O–H groups in total. The molecule has 27 heavy (non-hydrogen) atoms. The summed E-state index contributed by atoms with van der Waals surface area (Å²) in [6.45, 7) is 1.39. The minimum Gasteiger partial charge on any atom is -0.390 e. The summed E-state index contributed by atoms with van der Waals surface area (Å²) in [6, 6.07) is 8.68. The minimum absolute atomic E-state index is 0.113. The topological polar surface area (TPSA) is 136 Å². The first-order valence-corrected chi connectivity index (χ1v) is 8.22. The van der Waals surface area contributed by atoms with Gasteiger partial charge < -0.3 is 15.9 Å². The Kier molecular flexibility index (Phi) is 4.02. The molecule has 0 aliphatic carbocycles. The number of nitrogen functional groups attached to an aromatic ring is 1. The number of nitrogens with two attached hydrogens (primary N) is 1. The molecule has 0 aliphatic heterocycles. The van der Waals surface area contributed by atoms with Crippen molar-refractivity contribution in [3.05, 3.63) is 66.0 Å². The molecule has 0 bridgehead atoms. The Labute approximate surface area is 154 Å². The lowest BCUT2D eigenvalue weighted by Gasteiger charge is -2.22. The summed E-state index contributed by atoms with van der Waals surface area (Å²) in [6.07, 6.45) is 4.68. The molecular weight excluding hydrogens is 346 g/mol. The zero-order chi connectivity index (χ0) is 19.0. The lowest BCUT2D eigenvalue weighted by atomic mass is 9.94. The highest BCUT2D eigenvalue weighted by Crippen LogP contribution is 2.31. The van der Waals surface area contributed by atoms with E-state index >= 15 is 0 Å². The van der Waals surface area contributed by atoms with E-state index in [2.05, 4.69) is 25.0 Å². The average molecular weight is 363 g/mol. The highest BCUT2D eigenvalue weighted by Gasteiger charge is 2.29. The molecule has 3 aromatic heterocycles. The smallest absolute Gasteiger partial charge is 0.221 e. The van der Waals surface area contributed by atoms with Gasteiger partial charge in [-0.3, -0.25) is 0 Å². The first kappa shape index (κ1) is 17.0. The molecule has 4 aromatic rings. The molecule has 0 saturated carbocycles. The number of anilines is 1. The second kappa shape index (κ2) is 6.38. The first-order chi connectivity index (χ1) is 13.0. The second-order valence-corrected chi connectivity index (χ2v) is 6.17. The zero-order valence-electron chi connectivity index (χ0n) is 14.5. The lowest BCUT2D eigenvalue weighted by molar-refractivity contribution is 0.0922. The fraction of sp³-hybridized carbons (Fsp3) is 0.167. The number of hydrogen-bond donors (Lipinski definition) is 3. The summed E-state index contributed by atoms with van der Waals surface area (Å²) in [5.41, 5.74) is 6.00. The number of aliphatic hydroxyl groups excluding tert-OH is 1. The van der Waals surface area contributed by atoms with Crippen LogP contribution in [0.1, 0.15) is 24.0 Å². The van der Waals surface area contributed by atoms with Gasteiger partial charge in [0, 0.05) is 30.0 Å². The second-order valence-electron chi connectivity index (χ2n) is 6.17. The van der Waals surface area contributed by atoms with Crippen molar-refractivity contribution in [3.63, 3.8) is 0 Å². The van der Waals surface area contributed by atoms with Gasteiger partial charge in [0.05, 0.1) is 17.8 Å². The highest BCUT2D eigenvalue weighted by atomic mass is 16.3. The van der Waals surface area contributed by atoms with E-state index in [4.69, 9.17) is 5.73 Å². The number of nitrogens with zero attached hydrogens (tertiary/aromatic N) is 6. The van der Waals surface area contributed by atoms with Crippen LogP contribution in [0.4, 0.5) is 5.95 Å². The summed E-state index contributed by atoms with van der Waals surface area (Å²) in [5.74, 6) is 0.853. The standard InChI is InChI=1S/C18H17N7O2/c1-18(27,16-20-6-2-7-21-16)11-3-4-12-13(10-26)24-25(14(12)9-11)15-5-8-22-17(19)23-15/h2-9,26-27H,10H2,1H3,(H2,19,22,23). The van der Waals surface area contributed by atoms with E-state index in [0.717, 1.165) is 5.39 Å². The lowest BCUT2D eigenvalue weighted by Crippen LogP contribution is -2.25. The summed E-state index contributed by atoms with van der Waals surface area (Å²) < 4.78 is 1.56. The molecule has 3 heterocycles. The molecule has 9 nitrogen and oxygen atoms in total. The van der Waals surface area contributed by atoms with Crippen molar-refractivity contribution < 1.29 is 10.2 Å². The number of benzene rings is 1. The number of rotatable bonds is 4. The monoisotopic (exact) mass is 363 g/mol. The Balaban J connectivity index is 1.92. The summed E-state index contributed by atoms with van der Waals surface area (Å²) in [4.78, 5) is 16.4. The average Bonchev–Trinajstić information content (AvgIpc) is 3.07. The minimum atomic E-state index is -1.41. The van der Waals surface area contributed by atoms with E-state index in [0.29, 0.717) is 22.6 Å². The van der Waals surface area contributed by atoms with Crippen molar-refractivity contribution in [1.29, 1.82) is 0 Å². The number of aromatic nitrogens is 6. The van der Waals surface area contributed by atoms with Crippen LogP contribution in [0.15, 0.2) is 48.9 Å². The van der Waals surface area contributed by atoms with Gasteiger partial charge in [0.15, 0.2) is 11.6 Å². The Morgan fingerprint density at radius 3 is 2.59 bits per heavy atom. The summed E-state index contributed by atoms with van der Waals surface area (Å²) >= 11 is 0. The van der Waals surface area contributed by atoms with Crippen molar-refractivity contribution in [3.8, 4) is 5.82 Å². The Hall–Kier alpha value is -3.43. The highest BCUT2D eigenvalue weighted by molar-refractivity contribution is 5.84. The van der Waals surface area contributed by atoms with Crippen LogP contribution in [0.25, 0.3) is 16.7 Å². The van der Waals surface area contributed by atoms with Crippen LogP contribution < -0.4 is 5.73 Å². The maximum Gasteiger partial charge on any atom is 0.221 e. The number of fused-ring (bicyclic) bond motifs is 1. The summed E-state index contributed by atoms with van der Waals surface area (Å²) in [7, 11) is 0. The van der Waals surface area contributed by atoms with Gasteiger partial charge in [-0.25, -0.2) is 19.6 Å². The molecule has 0 radical (unpaired) electrons. The van der Waals surface area contributed by atoms with Crippen LogP contribution in [0.3, 0.4) is 0 Å². The van der Waals surface area contributed by atoms with Gasteiger partial charge in [0.2, 0.25) is 5.95 Å². The Morgan fingerprint density at radius 1 is 1.11 bits per heavy atom. The van der Waals surface area contributed by atoms with E-state index in [1.807, 2.05) is 0 Å². The molecule has 136 valence electrons. The molecule has 0 aliphatic rings. The van der Waals surface area contributed by atoms with Crippen molar-refractivity contribution in [2.24, 2.45) is 0 Å². The maximum absolute atomic E-state index is 11.0. The third kappa shape index (κ3) is 2.88. The van der Waals surface area contributed by atoms with Gasteiger partial charge in [-0.2, -0.15) is 10.1 Å². The molecule has 1 aromatic carbocycles. The van der Waals surface area contributed by atoms with Crippen molar-refractivity contribution >= 4 is 16.9 Å². The molecule has 9 heteroatoms. The van der Waals surface area contributed by atoms with Crippen LogP contribution in [-0.4, -0.2) is 39.9 Å². The van der Waals surface area contributed by atoms with E-state index < -0.39 is 5.60 Å². The third-order valence-electron chi connectivity index (χ3n) is 4.35. The molecule has 0 spiro atoms. The zero-order valence-corrected chi connectivity index (χ0v) is 14.5. The van der Waals surface area contributed by atoms with Crippen LogP contribution in [0.2, 0.25) is 0 Å². The van der Waals surface area contributed by atoms with E-state index in [1.54, 1.807) is 54.3 Å². The van der Waals surface area contributed by atoms with Gasteiger partial charge in [-0.05, 0) is 24.6 Å². The van der Waals surface area contributed by atoms with Crippen LogP contribution in [-0.2, 0) is 12.2 Å². The molecule has 0 saturated heterocycles. The Morgan fingerprint density at radius 2 is 1.89 bits per heavy atom. The largest absolute Gasteiger partial charge is 0.390 e. The van der Waals surface area contributed by atoms with Crippen LogP contribution in [0, 0.1) is 0 Å².